The Morgan fingerprint density at radius 3 is 2.42 bits per heavy atom. The Morgan fingerprint density at radius 1 is 1.00 bits per heavy atom. The molecule has 2 N–H and O–H groups in total. The molecule has 19 heavy (non-hydrogen) atoms. The molecule has 0 amide bonds. The Hall–Kier alpha value is -1.06. The fourth-order valence-corrected chi connectivity index (χ4v) is 2.12. The highest BCUT2D eigenvalue weighted by molar-refractivity contribution is 6.42. The molecule has 2 aromatic rings. The highest BCUT2D eigenvalue weighted by Gasteiger charge is 2.06. The summed E-state index contributed by atoms with van der Waals surface area (Å²) in [7, 11) is 0. The van der Waals surface area contributed by atoms with Crippen LogP contribution in [0.15, 0.2) is 48.5 Å². The smallest absolute Gasteiger partial charge is 0.0914 e. The molecule has 0 aliphatic rings. The average molecular weight is 296 g/mol. The van der Waals surface area contributed by atoms with Gasteiger partial charge in [-0.15, -0.1) is 0 Å². The van der Waals surface area contributed by atoms with Crippen LogP contribution >= 0.6 is 23.2 Å². The van der Waals surface area contributed by atoms with Crippen molar-refractivity contribution in [2.24, 2.45) is 0 Å². The van der Waals surface area contributed by atoms with Crippen LogP contribution in [0.4, 0.5) is 0 Å². The number of aliphatic hydroxyl groups is 1. The van der Waals surface area contributed by atoms with Crippen LogP contribution < -0.4 is 5.32 Å². The number of hydrogen-bond acceptors (Lipinski definition) is 2. The molecule has 2 aromatic carbocycles. The van der Waals surface area contributed by atoms with Crippen LogP contribution in [0.1, 0.15) is 17.2 Å². The Morgan fingerprint density at radius 2 is 1.74 bits per heavy atom. The summed E-state index contributed by atoms with van der Waals surface area (Å²) >= 11 is 11.8. The van der Waals surface area contributed by atoms with Gasteiger partial charge in [0, 0.05) is 13.1 Å². The number of benzene rings is 2. The molecule has 0 bridgehead atoms. The summed E-state index contributed by atoms with van der Waals surface area (Å²) in [5.74, 6) is 0. The van der Waals surface area contributed by atoms with Gasteiger partial charge in [0.1, 0.15) is 0 Å². The van der Waals surface area contributed by atoms with Crippen molar-refractivity contribution in [3.63, 3.8) is 0 Å². The fourth-order valence-electron chi connectivity index (χ4n) is 1.80. The van der Waals surface area contributed by atoms with Crippen molar-refractivity contribution in [2.75, 3.05) is 6.54 Å². The van der Waals surface area contributed by atoms with Crippen LogP contribution in [0.3, 0.4) is 0 Å². The first-order chi connectivity index (χ1) is 9.16. The van der Waals surface area contributed by atoms with Gasteiger partial charge in [0.05, 0.1) is 16.1 Å². The van der Waals surface area contributed by atoms with E-state index in [0.29, 0.717) is 23.1 Å². The molecule has 0 aliphatic carbocycles. The number of aliphatic hydroxyl groups excluding tert-OH is 1. The van der Waals surface area contributed by atoms with Crippen LogP contribution in [-0.2, 0) is 6.54 Å². The lowest BCUT2D eigenvalue weighted by Crippen LogP contribution is -2.21. The van der Waals surface area contributed by atoms with Gasteiger partial charge in [0.25, 0.3) is 0 Å². The first kappa shape index (κ1) is 14.4. The van der Waals surface area contributed by atoms with E-state index in [1.54, 1.807) is 6.07 Å². The molecule has 100 valence electrons. The lowest BCUT2D eigenvalue weighted by atomic mass is 10.1. The maximum atomic E-state index is 9.99. The maximum Gasteiger partial charge on any atom is 0.0914 e. The highest BCUT2D eigenvalue weighted by atomic mass is 35.5. The molecule has 1 atom stereocenters. The van der Waals surface area contributed by atoms with Crippen molar-refractivity contribution in [3.8, 4) is 0 Å². The summed E-state index contributed by atoms with van der Waals surface area (Å²) in [6, 6.07) is 15.1. The molecular weight excluding hydrogens is 281 g/mol. The zero-order chi connectivity index (χ0) is 13.7. The quantitative estimate of drug-likeness (QED) is 0.879. The second-order valence-electron chi connectivity index (χ2n) is 4.31. The van der Waals surface area contributed by atoms with E-state index < -0.39 is 6.10 Å². The van der Waals surface area contributed by atoms with E-state index in [9.17, 15) is 5.11 Å². The third kappa shape index (κ3) is 4.22. The molecule has 0 fully saturated rings. The van der Waals surface area contributed by atoms with Crippen molar-refractivity contribution in [3.05, 3.63) is 69.7 Å². The van der Waals surface area contributed by atoms with Crippen molar-refractivity contribution >= 4 is 23.2 Å². The maximum absolute atomic E-state index is 9.99. The van der Waals surface area contributed by atoms with Gasteiger partial charge in [-0.1, -0.05) is 59.6 Å². The lowest BCUT2D eigenvalue weighted by molar-refractivity contribution is 0.174. The Kier molecular flexibility index (Phi) is 5.23. The predicted octanol–water partition coefficient (Wildman–Crippen LogP) is 3.82. The number of halogens is 2. The third-order valence-corrected chi connectivity index (χ3v) is 3.57. The van der Waals surface area contributed by atoms with Gasteiger partial charge in [0.15, 0.2) is 0 Å². The minimum atomic E-state index is -0.510. The van der Waals surface area contributed by atoms with E-state index >= 15 is 0 Å². The van der Waals surface area contributed by atoms with Crippen molar-refractivity contribution in [2.45, 2.75) is 12.6 Å². The molecule has 0 heterocycles. The molecule has 0 radical (unpaired) electrons. The van der Waals surface area contributed by atoms with Crippen molar-refractivity contribution < 1.29 is 5.11 Å². The molecular formula is C15H15Cl2NO. The first-order valence-corrected chi connectivity index (χ1v) is 6.80. The van der Waals surface area contributed by atoms with Crippen LogP contribution in [0.25, 0.3) is 0 Å². The Bertz CT molecular complexity index is 531. The molecule has 0 aliphatic heterocycles. The minimum Gasteiger partial charge on any atom is -0.387 e. The highest BCUT2D eigenvalue weighted by Crippen LogP contribution is 2.22. The fraction of sp³-hybridized carbons (Fsp3) is 0.200. The standard InChI is InChI=1S/C15H15Cl2NO/c16-13-7-6-11(8-14(13)17)9-18-10-15(19)12-4-2-1-3-5-12/h1-8,15,18-19H,9-10H2/t15-/m1/s1. The normalized spacial score (nSPS) is 12.4. The van der Waals surface area contributed by atoms with Gasteiger partial charge in [-0.3, -0.25) is 0 Å². The molecule has 4 heteroatoms. The van der Waals surface area contributed by atoms with Gasteiger partial charge >= 0.3 is 0 Å². The predicted molar refractivity (Wildman–Crippen MR) is 79.6 cm³/mol. The summed E-state index contributed by atoms with van der Waals surface area (Å²) in [5, 5.41) is 14.3. The van der Waals surface area contributed by atoms with Crippen molar-refractivity contribution in [1.29, 1.82) is 0 Å². The lowest BCUT2D eigenvalue weighted by Gasteiger charge is -2.12. The van der Waals surface area contributed by atoms with Crippen molar-refractivity contribution in [1.82, 2.24) is 5.32 Å². The second kappa shape index (κ2) is 6.92. The molecule has 0 spiro atoms. The van der Waals surface area contributed by atoms with Gasteiger partial charge < -0.3 is 10.4 Å². The summed E-state index contributed by atoms with van der Waals surface area (Å²) < 4.78 is 0. The van der Waals surface area contributed by atoms with Gasteiger partial charge in [-0.2, -0.15) is 0 Å². The van der Waals surface area contributed by atoms with Gasteiger partial charge in [0.2, 0.25) is 0 Å². The van der Waals surface area contributed by atoms with Crippen LogP contribution in [0.5, 0.6) is 0 Å². The number of rotatable bonds is 5. The van der Waals surface area contributed by atoms with Crippen LogP contribution in [0.2, 0.25) is 10.0 Å². The molecule has 0 saturated heterocycles. The van der Waals surface area contributed by atoms with E-state index in [1.165, 1.54) is 0 Å². The summed E-state index contributed by atoms with van der Waals surface area (Å²) in [6.07, 6.45) is -0.510. The zero-order valence-electron chi connectivity index (χ0n) is 10.3. The van der Waals surface area contributed by atoms with E-state index in [0.717, 1.165) is 11.1 Å². The first-order valence-electron chi connectivity index (χ1n) is 6.04. The van der Waals surface area contributed by atoms with E-state index in [-0.39, 0.29) is 0 Å². The summed E-state index contributed by atoms with van der Waals surface area (Å²) in [4.78, 5) is 0. The molecule has 0 aromatic heterocycles. The Labute approximate surface area is 123 Å². The second-order valence-corrected chi connectivity index (χ2v) is 5.12. The summed E-state index contributed by atoms with van der Waals surface area (Å²) in [5.41, 5.74) is 1.94. The van der Waals surface area contributed by atoms with Crippen LogP contribution in [0, 0.1) is 0 Å². The molecule has 0 saturated carbocycles. The molecule has 2 rings (SSSR count). The van der Waals surface area contributed by atoms with E-state index in [4.69, 9.17) is 23.2 Å². The summed E-state index contributed by atoms with van der Waals surface area (Å²) in [6.45, 7) is 1.13. The number of hydrogen-bond donors (Lipinski definition) is 2. The zero-order valence-corrected chi connectivity index (χ0v) is 11.8. The monoisotopic (exact) mass is 295 g/mol. The van der Waals surface area contributed by atoms with Gasteiger partial charge in [-0.25, -0.2) is 0 Å². The molecule has 2 nitrogen and oxygen atoms in total. The third-order valence-electron chi connectivity index (χ3n) is 2.84. The van der Waals surface area contributed by atoms with E-state index in [2.05, 4.69) is 5.32 Å². The van der Waals surface area contributed by atoms with Crippen LogP contribution in [-0.4, -0.2) is 11.7 Å². The SMILES string of the molecule is O[C@H](CNCc1ccc(Cl)c(Cl)c1)c1ccccc1. The van der Waals surface area contributed by atoms with E-state index in [1.807, 2.05) is 42.5 Å². The largest absolute Gasteiger partial charge is 0.387 e. The van der Waals surface area contributed by atoms with Gasteiger partial charge in [-0.05, 0) is 23.3 Å². The average Bonchev–Trinajstić information content (AvgIpc) is 2.43. The topological polar surface area (TPSA) is 32.3 Å². The Balaban J connectivity index is 1.85. The molecule has 0 unspecified atom stereocenters. The number of nitrogens with one attached hydrogen (secondary N) is 1. The minimum absolute atomic E-state index is 0.490.